The number of furan rings is 1. The van der Waals surface area contributed by atoms with Gasteiger partial charge in [0, 0.05) is 32.5 Å². The predicted octanol–water partition coefficient (Wildman–Crippen LogP) is 2.71. The molecule has 3 heterocycles. The summed E-state index contributed by atoms with van der Waals surface area (Å²) < 4.78 is 7.72. The minimum atomic E-state index is -0.259. The van der Waals surface area contributed by atoms with Crippen LogP contribution in [-0.2, 0) is 26.1 Å². The average molecular weight is 384 g/mol. The fourth-order valence-corrected chi connectivity index (χ4v) is 4.28. The first-order valence-electron chi connectivity index (χ1n) is 10.1. The van der Waals surface area contributed by atoms with Gasteiger partial charge in [-0.1, -0.05) is 13.8 Å². The lowest BCUT2D eigenvalue weighted by atomic mass is 9.93. The van der Waals surface area contributed by atoms with Crippen molar-refractivity contribution >= 4 is 11.7 Å². The Morgan fingerprint density at radius 2 is 2.14 bits per heavy atom. The van der Waals surface area contributed by atoms with Crippen LogP contribution < -0.4 is 5.32 Å². The number of carbonyl (C=O) groups is 2. The third-order valence-electron chi connectivity index (χ3n) is 5.45. The average Bonchev–Trinajstić information content (AvgIpc) is 3.19. The lowest BCUT2D eigenvalue weighted by molar-refractivity contribution is 0.0925. The van der Waals surface area contributed by atoms with Gasteiger partial charge in [0.1, 0.15) is 11.5 Å². The van der Waals surface area contributed by atoms with Crippen LogP contribution in [0, 0.1) is 12.8 Å². The molecular weight excluding hydrogens is 356 g/mol. The zero-order valence-corrected chi connectivity index (χ0v) is 16.9. The van der Waals surface area contributed by atoms with Crippen molar-refractivity contribution in [1.82, 2.24) is 20.0 Å². The Morgan fingerprint density at radius 1 is 1.32 bits per heavy atom. The van der Waals surface area contributed by atoms with E-state index in [0.29, 0.717) is 41.5 Å². The number of aryl methyl sites for hydroxylation is 2. The second-order valence-corrected chi connectivity index (χ2v) is 8.27. The van der Waals surface area contributed by atoms with Crippen LogP contribution in [0.4, 0.5) is 0 Å². The highest BCUT2D eigenvalue weighted by molar-refractivity contribution is 6.09. The van der Waals surface area contributed by atoms with Gasteiger partial charge in [0.15, 0.2) is 5.78 Å². The number of Topliss-reactive ketones (excluding diaryl/α,β-unsaturated/α-hetero) is 1. The van der Waals surface area contributed by atoms with Crippen molar-refractivity contribution in [3.63, 3.8) is 0 Å². The Balaban J connectivity index is 1.44. The Morgan fingerprint density at radius 3 is 2.93 bits per heavy atom. The molecule has 0 fully saturated rings. The molecule has 1 amide bonds. The van der Waals surface area contributed by atoms with Crippen LogP contribution in [0.3, 0.4) is 0 Å². The van der Waals surface area contributed by atoms with E-state index in [1.54, 1.807) is 6.92 Å². The molecule has 0 atom stereocenters. The number of fused-ring (bicyclic) bond motifs is 2. The molecule has 0 unspecified atom stereocenters. The SMILES string of the molecule is Cc1oc2c(c1C(=O)NCc1cc3n(n1)CCN(CC(C)C)C3)C(=O)CCC2. The Hall–Kier alpha value is -2.41. The highest BCUT2D eigenvalue weighted by atomic mass is 16.3. The lowest BCUT2D eigenvalue weighted by Gasteiger charge is -2.28. The highest BCUT2D eigenvalue weighted by Crippen LogP contribution is 2.29. The molecule has 0 aromatic carbocycles. The van der Waals surface area contributed by atoms with E-state index >= 15 is 0 Å². The van der Waals surface area contributed by atoms with Crippen LogP contribution in [0.1, 0.15) is 70.3 Å². The lowest BCUT2D eigenvalue weighted by Crippen LogP contribution is -2.36. The molecule has 2 aliphatic rings. The van der Waals surface area contributed by atoms with Gasteiger partial charge in [-0.25, -0.2) is 0 Å². The molecule has 0 saturated carbocycles. The minimum absolute atomic E-state index is 0.00551. The normalized spacial score (nSPS) is 16.9. The standard InChI is InChI=1S/C21H28N4O3/c1-13(2)11-24-7-8-25-16(12-24)9-15(23-25)10-22-21(27)19-14(3)28-18-6-4-5-17(26)20(18)19/h9,13H,4-8,10-12H2,1-3H3,(H,22,27). The van der Waals surface area contributed by atoms with Crippen LogP contribution in [0.5, 0.6) is 0 Å². The van der Waals surface area contributed by atoms with Crippen LogP contribution in [0.25, 0.3) is 0 Å². The van der Waals surface area contributed by atoms with E-state index in [4.69, 9.17) is 4.42 Å². The summed E-state index contributed by atoms with van der Waals surface area (Å²) in [6.07, 6.45) is 1.98. The maximum absolute atomic E-state index is 12.8. The first-order chi connectivity index (χ1) is 13.4. The van der Waals surface area contributed by atoms with Gasteiger partial charge in [0.25, 0.3) is 5.91 Å². The fourth-order valence-electron chi connectivity index (χ4n) is 4.28. The summed E-state index contributed by atoms with van der Waals surface area (Å²) in [5.41, 5.74) is 2.90. The number of nitrogens with zero attached hydrogens (tertiary/aromatic N) is 3. The molecule has 0 spiro atoms. The van der Waals surface area contributed by atoms with Gasteiger partial charge in [-0.2, -0.15) is 5.10 Å². The Kier molecular flexibility index (Phi) is 5.10. The first-order valence-corrected chi connectivity index (χ1v) is 10.1. The number of carbonyl (C=O) groups excluding carboxylic acids is 2. The maximum atomic E-state index is 12.8. The van der Waals surface area contributed by atoms with Crippen molar-refractivity contribution < 1.29 is 14.0 Å². The van der Waals surface area contributed by atoms with E-state index in [1.165, 1.54) is 5.69 Å². The quantitative estimate of drug-likeness (QED) is 0.857. The summed E-state index contributed by atoms with van der Waals surface area (Å²) in [4.78, 5) is 27.5. The molecule has 1 N–H and O–H groups in total. The number of hydrogen-bond donors (Lipinski definition) is 1. The number of nitrogens with one attached hydrogen (secondary N) is 1. The maximum Gasteiger partial charge on any atom is 0.255 e. The van der Waals surface area contributed by atoms with Crippen LogP contribution in [-0.4, -0.2) is 39.5 Å². The molecule has 1 aliphatic carbocycles. The summed E-state index contributed by atoms with van der Waals surface area (Å²) in [5.74, 6) is 1.56. The summed E-state index contributed by atoms with van der Waals surface area (Å²) in [6.45, 7) is 10.4. The second kappa shape index (κ2) is 7.54. The van der Waals surface area contributed by atoms with E-state index in [-0.39, 0.29) is 11.7 Å². The number of ketones is 1. The molecule has 150 valence electrons. The van der Waals surface area contributed by atoms with Crippen LogP contribution in [0.15, 0.2) is 10.5 Å². The zero-order chi connectivity index (χ0) is 19.8. The topological polar surface area (TPSA) is 80.4 Å². The number of hydrogen-bond acceptors (Lipinski definition) is 5. The molecule has 7 heteroatoms. The van der Waals surface area contributed by atoms with Crippen LogP contribution in [0.2, 0.25) is 0 Å². The van der Waals surface area contributed by atoms with E-state index in [0.717, 1.165) is 44.7 Å². The zero-order valence-electron chi connectivity index (χ0n) is 16.9. The van der Waals surface area contributed by atoms with E-state index in [1.807, 2.05) is 4.68 Å². The predicted molar refractivity (Wildman–Crippen MR) is 104 cm³/mol. The van der Waals surface area contributed by atoms with Crippen molar-refractivity contribution in [3.05, 3.63) is 40.1 Å². The third-order valence-corrected chi connectivity index (χ3v) is 5.45. The van der Waals surface area contributed by atoms with Gasteiger partial charge in [-0.3, -0.25) is 19.2 Å². The Labute approximate surface area is 165 Å². The van der Waals surface area contributed by atoms with E-state index < -0.39 is 0 Å². The minimum Gasteiger partial charge on any atom is -0.465 e. The van der Waals surface area contributed by atoms with Crippen LogP contribution >= 0.6 is 0 Å². The third kappa shape index (κ3) is 3.63. The van der Waals surface area contributed by atoms with Gasteiger partial charge in [0.05, 0.1) is 35.6 Å². The summed E-state index contributed by atoms with van der Waals surface area (Å²) in [7, 11) is 0. The molecule has 0 bridgehead atoms. The van der Waals surface area contributed by atoms with Gasteiger partial charge < -0.3 is 9.73 Å². The summed E-state index contributed by atoms with van der Waals surface area (Å²) >= 11 is 0. The number of amides is 1. The molecular formula is C21H28N4O3. The first kappa shape index (κ1) is 18.9. The van der Waals surface area contributed by atoms with Crippen molar-refractivity contribution in [3.8, 4) is 0 Å². The van der Waals surface area contributed by atoms with E-state index in [2.05, 4.69) is 35.2 Å². The second-order valence-electron chi connectivity index (χ2n) is 8.27. The van der Waals surface area contributed by atoms with Gasteiger partial charge in [-0.15, -0.1) is 0 Å². The van der Waals surface area contributed by atoms with Crippen molar-refractivity contribution in [1.29, 1.82) is 0 Å². The molecule has 28 heavy (non-hydrogen) atoms. The molecule has 7 nitrogen and oxygen atoms in total. The molecule has 0 saturated heterocycles. The largest absolute Gasteiger partial charge is 0.465 e. The Bertz CT molecular complexity index is 909. The van der Waals surface area contributed by atoms with Gasteiger partial charge in [0.2, 0.25) is 0 Å². The van der Waals surface area contributed by atoms with Crippen molar-refractivity contribution in [2.75, 3.05) is 13.1 Å². The molecule has 2 aromatic heterocycles. The molecule has 1 aliphatic heterocycles. The molecule has 4 rings (SSSR count). The number of rotatable bonds is 5. The van der Waals surface area contributed by atoms with E-state index in [9.17, 15) is 9.59 Å². The highest BCUT2D eigenvalue weighted by Gasteiger charge is 2.30. The van der Waals surface area contributed by atoms with Crippen molar-refractivity contribution in [2.45, 2.75) is 59.7 Å². The monoisotopic (exact) mass is 384 g/mol. The van der Waals surface area contributed by atoms with Gasteiger partial charge >= 0.3 is 0 Å². The van der Waals surface area contributed by atoms with Crippen molar-refractivity contribution in [2.24, 2.45) is 5.92 Å². The fraction of sp³-hybridized carbons (Fsp3) is 0.571. The summed E-state index contributed by atoms with van der Waals surface area (Å²) in [5, 5.41) is 7.55. The smallest absolute Gasteiger partial charge is 0.255 e. The number of aromatic nitrogens is 2. The molecule has 2 aromatic rings. The van der Waals surface area contributed by atoms with Gasteiger partial charge in [-0.05, 0) is 25.3 Å². The molecule has 0 radical (unpaired) electrons. The summed E-state index contributed by atoms with van der Waals surface area (Å²) in [6, 6.07) is 2.07.